The quantitative estimate of drug-likeness (QED) is 0.0289. The number of ether oxygens (including phenoxy) is 2. The van der Waals surface area contributed by atoms with E-state index in [2.05, 4.69) is 0 Å². The summed E-state index contributed by atoms with van der Waals surface area (Å²) >= 11 is 0. The second-order valence-corrected chi connectivity index (χ2v) is 13.4. The fraction of sp³-hybridized carbons (Fsp3) is 0.0400. The predicted molar refractivity (Wildman–Crippen MR) is 238 cm³/mol. The lowest BCUT2D eigenvalue weighted by molar-refractivity contribution is 0.103. The maximum absolute atomic E-state index is 12.4. The van der Waals surface area contributed by atoms with Crippen molar-refractivity contribution in [3.8, 4) is 34.5 Å². The second kappa shape index (κ2) is 21.0. The Labute approximate surface area is 365 Å². The van der Waals surface area contributed by atoms with Crippen LogP contribution in [0.1, 0.15) is 63.7 Å². The summed E-state index contributed by atoms with van der Waals surface area (Å²) in [5.74, 6) is -5.28. The lowest BCUT2D eigenvalue weighted by Gasteiger charge is -2.13. The van der Waals surface area contributed by atoms with E-state index in [-0.39, 0.29) is 79.0 Å². The minimum absolute atomic E-state index is 0.00480. The summed E-state index contributed by atoms with van der Waals surface area (Å²) in [6, 6.07) is 32.4. The van der Waals surface area contributed by atoms with Crippen LogP contribution in [0.5, 0.6) is 34.5 Å². The average molecular weight is 865 g/mol. The monoisotopic (exact) mass is 864 g/mol. The van der Waals surface area contributed by atoms with Gasteiger partial charge in [-0.05, 0) is 72.8 Å². The maximum atomic E-state index is 12.4. The van der Waals surface area contributed by atoms with E-state index in [0.29, 0.717) is 0 Å². The Morgan fingerprint density at radius 2 is 0.516 bits per heavy atom. The van der Waals surface area contributed by atoms with Crippen molar-refractivity contribution in [3.05, 3.63) is 202 Å². The Bertz CT molecular complexity index is 2490. The number of allylic oxidation sites excluding steroid dienone is 4. The number of aromatic hydroxyl groups is 4. The number of ketones is 4. The van der Waals surface area contributed by atoms with Crippen LogP contribution in [0.15, 0.2) is 158 Å². The molecule has 6 aromatic rings. The van der Waals surface area contributed by atoms with Crippen molar-refractivity contribution in [1.82, 2.24) is 0 Å². The van der Waals surface area contributed by atoms with Crippen LogP contribution in [-0.2, 0) is 0 Å². The van der Waals surface area contributed by atoms with Gasteiger partial charge >= 0.3 is 0 Å². The zero-order valence-corrected chi connectivity index (χ0v) is 34.0. The molecule has 0 aromatic heterocycles. The molecule has 14 nitrogen and oxygen atoms in total. The number of hydrogen-bond donors (Lipinski definition) is 8. The molecule has 64 heavy (non-hydrogen) atoms. The topological polar surface area (TPSA) is 249 Å². The number of methoxy groups -OCH3 is 2. The Hall–Kier alpha value is -9.04. The zero-order chi connectivity index (χ0) is 46.5. The van der Waals surface area contributed by atoms with Crippen LogP contribution in [0, 0.1) is 0 Å². The number of carbonyl (C=O) groups is 4. The minimum Gasteiger partial charge on any atom is -0.507 e. The molecular formula is C50H40O14. The van der Waals surface area contributed by atoms with Gasteiger partial charge in [0.05, 0.1) is 58.7 Å². The third kappa shape index (κ3) is 10.8. The molecule has 0 aliphatic rings. The van der Waals surface area contributed by atoms with Crippen molar-refractivity contribution in [2.75, 3.05) is 14.2 Å². The van der Waals surface area contributed by atoms with Gasteiger partial charge in [-0.15, -0.1) is 0 Å². The van der Waals surface area contributed by atoms with Gasteiger partial charge in [0.2, 0.25) is 0 Å². The highest BCUT2D eigenvalue weighted by atomic mass is 16.5. The van der Waals surface area contributed by atoms with Crippen molar-refractivity contribution < 1.29 is 69.5 Å². The van der Waals surface area contributed by atoms with Gasteiger partial charge in [-0.1, -0.05) is 60.7 Å². The van der Waals surface area contributed by atoms with E-state index in [1.165, 1.54) is 99.1 Å². The Kier molecular flexibility index (Phi) is 15.1. The van der Waals surface area contributed by atoms with E-state index < -0.39 is 46.2 Å². The lowest BCUT2D eigenvalue weighted by Crippen LogP contribution is -2.02. The molecule has 14 heteroatoms. The third-order valence-corrected chi connectivity index (χ3v) is 9.29. The summed E-state index contributed by atoms with van der Waals surface area (Å²) in [6.45, 7) is 0. The molecule has 6 aromatic carbocycles. The molecule has 0 fully saturated rings. The van der Waals surface area contributed by atoms with Crippen molar-refractivity contribution in [2.45, 2.75) is 0 Å². The summed E-state index contributed by atoms with van der Waals surface area (Å²) in [4.78, 5) is 49.7. The largest absolute Gasteiger partial charge is 0.507 e. The Morgan fingerprint density at radius 3 is 0.703 bits per heavy atom. The molecule has 0 aliphatic carbocycles. The molecule has 8 N–H and O–H groups in total. The molecule has 0 heterocycles. The van der Waals surface area contributed by atoms with Crippen LogP contribution in [0.2, 0.25) is 0 Å². The van der Waals surface area contributed by atoms with E-state index in [0.717, 1.165) is 24.3 Å². The van der Waals surface area contributed by atoms with Crippen LogP contribution >= 0.6 is 0 Å². The number of hydrogen-bond acceptors (Lipinski definition) is 14. The standard InChI is InChI=1S/2C25H20O7/c2*1-32-25-17(23(30)13-21(28)15-7-2-4-11-19(15)26)9-6-10-18(25)24(31)14-22(29)16-8-3-5-12-20(16)27/h2*2-14,26-27,30-31H,1H3/b2*23-13-,24-14-. The first-order valence-corrected chi connectivity index (χ1v) is 18.9. The van der Waals surface area contributed by atoms with Crippen molar-refractivity contribution >= 4 is 46.2 Å². The van der Waals surface area contributed by atoms with Gasteiger partial charge in [0.1, 0.15) is 57.5 Å². The van der Waals surface area contributed by atoms with E-state index in [1.54, 1.807) is 48.5 Å². The first kappa shape index (κ1) is 46.0. The Morgan fingerprint density at radius 1 is 0.328 bits per heavy atom. The lowest BCUT2D eigenvalue weighted by atomic mass is 10.0. The highest BCUT2D eigenvalue weighted by Crippen LogP contribution is 2.35. The maximum Gasteiger partial charge on any atom is 0.193 e. The zero-order valence-electron chi connectivity index (χ0n) is 34.0. The number of rotatable bonds is 14. The van der Waals surface area contributed by atoms with Gasteiger partial charge < -0.3 is 50.3 Å². The first-order chi connectivity index (χ1) is 30.7. The number of phenolic OH excluding ortho intramolecular Hbond substituents is 4. The van der Waals surface area contributed by atoms with Gasteiger partial charge in [0.25, 0.3) is 0 Å². The molecule has 0 amide bonds. The van der Waals surface area contributed by atoms with Crippen LogP contribution in [-0.4, -0.2) is 78.2 Å². The highest BCUT2D eigenvalue weighted by Gasteiger charge is 2.21. The number of para-hydroxylation sites is 6. The Balaban J connectivity index is 0.000000241. The molecule has 6 rings (SSSR count). The van der Waals surface area contributed by atoms with Crippen molar-refractivity contribution in [1.29, 1.82) is 0 Å². The third-order valence-electron chi connectivity index (χ3n) is 9.29. The fourth-order valence-electron chi connectivity index (χ4n) is 6.17. The summed E-state index contributed by atoms with van der Waals surface area (Å²) in [5.41, 5.74) is 0.366. The SMILES string of the molecule is COc1c(/C(O)=C/C(=O)c2ccccc2O)cccc1/C(O)=C/C(=O)c1ccccc1O.COc1c(/C(O)=C/C(=O)c2ccccc2O)cccc1/C(O)=C/C(=O)c1ccccc1O. The van der Waals surface area contributed by atoms with Gasteiger partial charge in [0, 0.05) is 24.3 Å². The van der Waals surface area contributed by atoms with Crippen molar-refractivity contribution in [2.24, 2.45) is 0 Å². The predicted octanol–water partition coefficient (Wildman–Crippen LogP) is 9.34. The molecule has 0 atom stereocenters. The molecule has 0 saturated carbocycles. The smallest absolute Gasteiger partial charge is 0.193 e. The average Bonchev–Trinajstić information content (AvgIpc) is 3.28. The van der Waals surface area contributed by atoms with Gasteiger partial charge in [-0.2, -0.15) is 0 Å². The van der Waals surface area contributed by atoms with Crippen LogP contribution in [0.3, 0.4) is 0 Å². The second-order valence-electron chi connectivity index (χ2n) is 13.4. The normalized spacial score (nSPS) is 11.8. The van der Waals surface area contributed by atoms with E-state index in [4.69, 9.17) is 9.47 Å². The molecule has 0 unspecified atom stereocenters. The van der Waals surface area contributed by atoms with E-state index >= 15 is 0 Å². The molecular weight excluding hydrogens is 825 g/mol. The molecule has 324 valence electrons. The molecule has 0 saturated heterocycles. The number of aliphatic hydroxyl groups is 4. The van der Waals surface area contributed by atoms with Crippen molar-refractivity contribution in [3.63, 3.8) is 0 Å². The minimum atomic E-state index is -0.637. The molecule has 0 radical (unpaired) electrons. The van der Waals surface area contributed by atoms with Crippen LogP contribution in [0.25, 0.3) is 23.0 Å². The summed E-state index contributed by atoms with van der Waals surface area (Å²) in [7, 11) is 2.61. The van der Waals surface area contributed by atoms with Gasteiger partial charge in [0.15, 0.2) is 23.1 Å². The summed E-state index contributed by atoms with van der Waals surface area (Å²) < 4.78 is 10.6. The first-order valence-electron chi connectivity index (χ1n) is 18.9. The van der Waals surface area contributed by atoms with Gasteiger partial charge in [-0.25, -0.2) is 0 Å². The number of phenols is 4. The summed E-state index contributed by atoms with van der Waals surface area (Å²) in [6.07, 6.45) is 3.68. The van der Waals surface area contributed by atoms with Gasteiger partial charge in [-0.3, -0.25) is 19.2 Å². The molecule has 0 spiro atoms. The number of benzene rings is 6. The van der Waals surface area contributed by atoms with Crippen LogP contribution < -0.4 is 9.47 Å². The van der Waals surface area contributed by atoms with E-state index in [9.17, 15) is 60.0 Å². The molecule has 0 aliphatic heterocycles. The fourth-order valence-corrected chi connectivity index (χ4v) is 6.17. The summed E-state index contributed by atoms with van der Waals surface area (Å²) in [5, 5.41) is 81.5. The number of aliphatic hydroxyl groups excluding tert-OH is 4. The van der Waals surface area contributed by atoms with Crippen LogP contribution in [0.4, 0.5) is 0 Å². The highest BCUT2D eigenvalue weighted by molar-refractivity contribution is 6.12. The van der Waals surface area contributed by atoms with E-state index in [1.807, 2.05) is 0 Å². The molecule has 0 bridgehead atoms. The number of carbonyl (C=O) groups excluding carboxylic acids is 4.